The van der Waals surface area contributed by atoms with E-state index in [0.717, 1.165) is 17.1 Å². The van der Waals surface area contributed by atoms with E-state index in [4.69, 9.17) is 29.6 Å². The monoisotopic (exact) mass is 251 g/mol. The lowest BCUT2D eigenvalue weighted by Crippen LogP contribution is -2.13. The fourth-order valence-corrected chi connectivity index (χ4v) is 1.88. The molecule has 0 bridgehead atoms. The first kappa shape index (κ1) is 11.1. The topological polar surface area (TPSA) is 43.8 Å². The molecule has 5 heteroatoms. The average molecular weight is 252 g/mol. The van der Waals surface area contributed by atoms with Gasteiger partial charge in [-0.3, -0.25) is 0 Å². The molecule has 0 spiro atoms. The van der Waals surface area contributed by atoms with Crippen molar-refractivity contribution in [3.05, 3.63) is 47.0 Å². The second-order valence-corrected chi connectivity index (χ2v) is 4.25. The molecule has 0 saturated carbocycles. The van der Waals surface area contributed by atoms with Crippen LogP contribution in [-0.2, 0) is 0 Å². The third-order valence-corrected chi connectivity index (χ3v) is 2.77. The standard InChI is InChI=1S/C11H10ClN3S/c1-7-14-4-5-15(7)10-6-8(12)2-3-9(10)11(13)16/h2-6H,1H3,(H2,13,16). The maximum absolute atomic E-state index is 5.97. The lowest BCUT2D eigenvalue weighted by molar-refractivity contribution is 0.972. The number of benzene rings is 1. The first-order chi connectivity index (χ1) is 7.59. The molecule has 0 aliphatic carbocycles. The molecule has 1 aromatic heterocycles. The fourth-order valence-electron chi connectivity index (χ4n) is 1.55. The van der Waals surface area contributed by atoms with Crippen LogP contribution in [0, 0.1) is 6.92 Å². The Morgan fingerprint density at radius 1 is 1.50 bits per heavy atom. The zero-order valence-corrected chi connectivity index (χ0v) is 10.2. The summed E-state index contributed by atoms with van der Waals surface area (Å²) in [4.78, 5) is 4.51. The van der Waals surface area contributed by atoms with E-state index in [2.05, 4.69) is 4.98 Å². The molecular weight excluding hydrogens is 242 g/mol. The van der Waals surface area contributed by atoms with Gasteiger partial charge in [0, 0.05) is 23.0 Å². The van der Waals surface area contributed by atoms with E-state index in [1.807, 2.05) is 29.8 Å². The second kappa shape index (κ2) is 4.23. The molecule has 82 valence electrons. The summed E-state index contributed by atoms with van der Waals surface area (Å²) in [7, 11) is 0. The van der Waals surface area contributed by atoms with Crippen LogP contribution in [0.25, 0.3) is 5.69 Å². The molecule has 0 amide bonds. The number of hydrogen-bond acceptors (Lipinski definition) is 2. The molecule has 1 heterocycles. The number of halogens is 1. The fraction of sp³-hybridized carbons (Fsp3) is 0.0909. The molecule has 0 unspecified atom stereocenters. The molecule has 2 aromatic rings. The van der Waals surface area contributed by atoms with E-state index in [0.29, 0.717) is 10.0 Å². The molecule has 0 fully saturated rings. The van der Waals surface area contributed by atoms with E-state index in [1.165, 1.54) is 0 Å². The molecule has 0 saturated heterocycles. The lowest BCUT2D eigenvalue weighted by atomic mass is 10.1. The highest BCUT2D eigenvalue weighted by Gasteiger charge is 2.09. The summed E-state index contributed by atoms with van der Waals surface area (Å²) in [5, 5.41) is 0.642. The molecule has 3 nitrogen and oxygen atoms in total. The van der Waals surface area contributed by atoms with Crippen molar-refractivity contribution in [1.82, 2.24) is 9.55 Å². The third-order valence-electron chi connectivity index (χ3n) is 2.31. The smallest absolute Gasteiger partial charge is 0.110 e. The van der Waals surface area contributed by atoms with Crippen LogP contribution in [-0.4, -0.2) is 14.5 Å². The minimum atomic E-state index is 0.347. The van der Waals surface area contributed by atoms with E-state index < -0.39 is 0 Å². The van der Waals surface area contributed by atoms with Crippen LogP contribution < -0.4 is 5.73 Å². The summed E-state index contributed by atoms with van der Waals surface area (Å²) in [5.74, 6) is 0.861. The first-order valence-electron chi connectivity index (χ1n) is 4.69. The number of nitrogens with zero attached hydrogens (tertiary/aromatic N) is 2. The molecule has 16 heavy (non-hydrogen) atoms. The number of nitrogens with two attached hydrogens (primary N) is 1. The van der Waals surface area contributed by atoms with Crippen LogP contribution in [0.5, 0.6) is 0 Å². The minimum absolute atomic E-state index is 0.347. The van der Waals surface area contributed by atoms with Crippen molar-refractivity contribution in [2.45, 2.75) is 6.92 Å². The molecule has 0 aliphatic heterocycles. The van der Waals surface area contributed by atoms with Gasteiger partial charge in [-0.2, -0.15) is 0 Å². The molecule has 2 rings (SSSR count). The Bertz CT molecular complexity index is 548. The zero-order chi connectivity index (χ0) is 11.7. The predicted molar refractivity (Wildman–Crippen MR) is 69.2 cm³/mol. The van der Waals surface area contributed by atoms with Crippen LogP contribution in [0.4, 0.5) is 0 Å². The van der Waals surface area contributed by atoms with Crippen molar-refractivity contribution >= 4 is 28.8 Å². The minimum Gasteiger partial charge on any atom is -0.389 e. The van der Waals surface area contributed by atoms with Gasteiger partial charge in [0.25, 0.3) is 0 Å². The normalized spacial score (nSPS) is 10.4. The van der Waals surface area contributed by atoms with Crippen molar-refractivity contribution < 1.29 is 0 Å². The molecule has 0 aliphatic rings. The molecule has 1 aromatic carbocycles. The van der Waals surface area contributed by atoms with Crippen LogP contribution in [0.3, 0.4) is 0 Å². The number of aromatic nitrogens is 2. The van der Waals surface area contributed by atoms with Crippen LogP contribution >= 0.6 is 23.8 Å². The summed E-state index contributed by atoms with van der Waals surface area (Å²) in [5.41, 5.74) is 7.32. The van der Waals surface area contributed by atoms with Crippen molar-refractivity contribution in [3.63, 3.8) is 0 Å². The molecular formula is C11H10ClN3S. The number of imidazole rings is 1. The Morgan fingerprint density at radius 2 is 2.25 bits per heavy atom. The lowest BCUT2D eigenvalue weighted by Gasteiger charge is -2.11. The second-order valence-electron chi connectivity index (χ2n) is 3.37. The Kier molecular flexibility index (Phi) is 2.94. The summed E-state index contributed by atoms with van der Waals surface area (Å²) in [6.45, 7) is 1.91. The Balaban J connectivity index is 2.67. The SMILES string of the molecule is Cc1nccn1-c1cc(Cl)ccc1C(N)=S. The number of rotatable bonds is 2. The van der Waals surface area contributed by atoms with E-state index >= 15 is 0 Å². The van der Waals surface area contributed by atoms with Gasteiger partial charge in [0.1, 0.15) is 10.8 Å². The number of thiocarbonyl (C=S) groups is 1. The summed E-state index contributed by atoms with van der Waals surface area (Å²) in [6.07, 6.45) is 3.57. The number of hydrogen-bond donors (Lipinski definition) is 1. The quantitative estimate of drug-likeness (QED) is 0.834. The Hall–Kier alpha value is -1.39. The Morgan fingerprint density at radius 3 is 2.81 bits per heavy atom. The third kappa shape index (κ3) is 1.94. The zero-order valence-electron chi connectivity index (χ0n) is 8.64. The predicted octanol–water partition coefficient (Wildman–Crippen LogP) is 2.47. The van der Waals surface area contributed by atoms with E-state index in [9.17, 15) is 0 Å². The maximum Gasteiger partial charge on any atom is 0.110 e. The number of aryl methyl sites for hydroxylation is 1. The van der Waals surface area contributed by atoms with E-state index in [1.54, 1.807) is 12.3 Å². The van der Waals surface area contributed by atoms with Gasteiger partial charge in [0.15, 0.2) is 0 Å². The molecule has 2 N–H and O–H groups in total. The van der Waals surface area contributed by atoms with Crippen molar-refractivity contribution in [2.24, 2.45) is 5.73 Å². The van der Waals surface area contributed by atoms with Crippen molar-refractivity contribution in [1.29, 1.82) is 0 Å². The largest absolute Gasteiger partial charge is 0.389 e. The highest BCUT2D eigenvalue weighted by Crippen LogP contribution is 2.21. The summed E-state index contributed by atoms with van der Waals surface area (Å²) >= 11 is 11.0. The van der Waals surface area contributed by atoms with Crippen LogP contribution in [0.15, 0.2) is 30.6 Å². The summed E-state index contributed by atoms with van der Waals surface area (Å²) < 4.78 is 1.90. The highest BCUT2D eigenvalue weighted by molar-refractivity contribution is 7.80. The van der Waals surface area contributed by atoms with Crippen molar-refractivity contribution in [2.75, 3.05) is 0 Å². The van der Waals surface area contributed by atoms with Gasteiger partial charge >= 0.3 is 0 Å². The van der Waals surface area contributed by atoms with Gasteiger partial charge in [-0.15, -0.1) is 0 Å². The van der Waals surface area contributed by atoms with E-state index in [-0.39, 0.29) is 0 Å². The van der Waals surface area contributed by atoms with Crippen LogP contribution in [0.2, 0.25) is 5.02 Å². The average Bonchev–Trinajstić information content (AvgIpc) is 2.63. The van der Waals surface area contributed by atoms with Gasteiger partial charge in [0.2, 0.25) is 0 Å². The van der Waals surface area contributed by atoms with Gasteiger partial charge in [0.05, 0.1) is 5.69 Å². The Labute approximate surface area is 104 Å². The van der Waals surface area contributed by atoms with Gasteiger partial charge in [-0.1, -0.05) is 23.8 Å². The van der Waals surface area contributed by atoms with Gasteiger partial charge < -0.3 is 10.3 Å². The highest BCUT2D eigenvalue weighted by atomic mass is 35.5. The molecule has 0 radical (unpaired) electrons. The molecule has 0 atom stereocenters. The van der Waals surface area contributed by atoms with Crippen LogP contribution in [0.1, 0.15) is 11.4 Å². The maximum atomic E-state index is 5.97. The summed E-state index contributed by atoms with van der Waals surface area (Å²) in [6, 6.07) is 5.41. The van der Waals surface area contributed by atoms with Gasteiger partial charge in [-0.05, 0) is 25.1 Å². The van der Waals surface area contributed by atoms with Crippen molar-refractivity contribution in [3.8, 4) is 5.69 Å². The first-order valence-corrected chi connectivity index (χ1v) is 5.48. The van der Waals surface area contributed by atoms with Gasteiger partial charge in [-0.25, -0.2) is 4.98 Å².